The van der Waals surface area contributed by atoms with Crippen LogP contribution in [0.3, 0.4) is 0 Å². The largest absolute Gasteiger partial charge is 0.352 e. The number of hydrazone groups is 1. The molecule has 4 rings (SSSR count). The number of benzene rings is 3. The summed E-state index contributed by atoms with van der Waals surface area (Å²) in [4.78, 5) is 27.2. The number of amides is 1. The number of hydrogen-bond donors (Lipinski definition) is 2. The van der Waals surface area contributed by atoms with Gasteiger partial charge < -0.3 is 5.32 Å². The molecule has 1 heterocycles. The third-order valence-electron chi connectivity index (χ3n) is 4.37. The predicted octanol–water partition coefficient (Wildman–Crippen LogP) is 4.19. The number of fused-ring (bicyclic) bond motifs is 1. The molecule has 2 N–H and O–H groups in total. The Balaban J connectivity index is 1.45. The fourth-order valence-electron chi connectivity index (χ4n) is 2.90. The Labute approximate surface area is 181 Å². The van der Waals surface area contributed by atoms with Gasteiger partial charge in [-0.1, -0.05) is 72.0 Å². The summed E-state index contributed by atoms with van der Waals surface area (Å²) in [6, 6.07) is 23.7. The number of anilines is 1. The van der Waals surface area contributed by atoms with Crippen LogP contribution in [0.1, 0.15) is 11.1 Å². The van der Waals surface area contributed by atoms with Crippen LogP contribution in [0.15, 0.2) is 84.0 Å². The molecular weight excluding hydrogens is 414 g/mol. The van der Waals surface area contributed by atoms with Crippen molar-refractivity contribution in [3.8, 4) is 0 Å². The molecule has 0 radical (unpaired) electrons. The number of non-ortho nitro benzene ring substituents is 1. The van der Waals surface area contributed by atoms with Gasteiger partial charge in [0.05, 0.1) is 27.4 Å². The van der Waals surface area contributed by atoms with E-state index < -0.39 is 4.92 Å². The Kier molecular flexibility index (Phi) is 5.95. The smallest absolute Gasteiger partial charge is 0.270 e. The van der Waals surface area contributed by atoms with Gasteiger partial charge in [0.1, 0.15) is 0 Å². The average molecular weight is 431 g/mol. The van der Waals surface area contributed by atoms with Gasteiger partial charge in [0, 0.05) is 23.3 Å². The van der Waals surface area contributed by atoms with Gasteiger partial charge in [0.2, 0.25) is 0 Å². The lowest BCUT2D eigenvalue weighted by Gasteiger charge is -2.08. The van der Waals surface area contributed by atoms with Crippen LogP contribution in [-0.4, -0.2) is 28.1 Å². The Morgan fingerprint density at radius 2 is 1.65 bits per heavy atom. The van der Waals surface area contributed by atoms with Crippen molar-refractivity contribution in [1.29, 1.82) is 0 Å². The van der Waals surface area contributed by atoms with Crippen LogP contribution in [-0.2, 0) is 4.79 Å². The zero-order valence-electron chi connectivity index (χ0n) is 16.2. The molecule has 0 saturated heterocycles. The molecule has 154 valence electrons. The molecule has 0 aliphatic carbocycles. The highest BCUT2D eigenvalue weighted by Gasteiger charge is 2.11. The Hall–Kier alpha value is -4.11. The zero-order valence-corrected chi connectivity index (χ0v) is 17.0. The lowest BCUT2D eigenvalue weighted by atomic mass is 10.0. The van der Waals surface area contributed by atoms with Gasteiger partial charge in [0.15, 0.2) is 5.13 Å². The first-order valence-electron chi connectivity index (χ1n) is 9.36. The number of hydrogen-bond acceptors (Lipinski definition) is 7. The first kappa shape index (κ1) is 20.2. The molecule has 0 bridgehead atoms. The lowest BCUT2D eigenvalue weighted by molar-refractivity contribution is -0.384. The first-order valence-corrected chi connectivity index (χ1v) is 10.2. The monoisotopic (exact) mass is 431 g/mol. The Morgan fingerprint density at radius 3 is 2.26 bits per heavy atom. The van der Waals surface area contributed by atoms with E-state index in [0.29, 0.717) is 21.1 Å². The average Bonchev–Trinajstić information content (AvgIpc) is 3.21. The van der Waals surface area contributed by atoms with Crippen LogP contribution in [0.25, 0.3) is 10.2 Å². The minimum Gasteiger partial charge on any atom is -0.352 e. The summed E-state index contributed by atoms with van der Waals surface area (Å²) in [5, 5.41) is 18.7. The summed E-state index contributed by atoms with van der Waals surface area (Å²) in [5.74, 6) is -0.338. The predicted molar refractivity (Wildman–Crippen MR) is 121 cm³/mol. The van der Waals surface area contributed by atoms with Crippen LogP contribution >= 0.6 is 11.3 Å². The number of nitrogens with zero attached hydrogens (tertiary/aromatic N) is 3. The number of aromatic nitrogens is 1. The number of rotatable bonds is 7. The fraction of sp³-hybridized carbons (Fsp3) is 0.0455. The van der Waals surface area contributed by atoms with E-state index in [0.717, 1.165) is 11.1 Å². The third kappa shape index (κ3) is 4.90. The van der Waals surface area contributed by atoms with E-state index >= 15 is 0 Å². The van der Waals surface area contributed by atoms with Gasteiger partial charge in [-0.3, -0.25) is 14.9 Å². The number of nitro benzene ring substituents is 1. The molecule has 0 aliphatic rings. The summed E-state index contributed by atoms with van der Waals surface area (Å²) in [7, 11) is 0. The van der Waals surface area contributed by atoms with Crippen LogP contribution < -0.4 is 10.7 Å². The second-order valence-electron chi connectivity index (χ2n) is 6.51. The number of carbonyl (C=O) groups excluding carboxylic acids is 1. The molecule has 9 heteroatoms. The molecule has 0 atom stereocenters. The summed E-state index contributed by atoms with van der Waals surface area (Å²) in [5.41, 5.74) is 5.64. The van der Waals surface area contributed by atoms with Crippen molar-refractivity contribution < 1.29 is 9.72 Å². The van der Waals surface area contributed by atoms with Crippen LogP contribution in [0.4, 0.5) is 10.8 Å². The van der Waals surface area contributed by atoms with Gasteiger partial charge in [0.25, 0.3) is 11.6 Å². The maximum Gasteiger partial charge on any atom is 0.270 e. The molecule has 1 amide bonds. The summed E-state index contributed by atoms with van der Waals surface area (Å²) in [6.07, 6.45) is 0. The molecule has 0 spiro atoms. The SMILES string of the molecule is O=C(CNc1nc2ccc([N+](=O)[O-])cc2s1)NN=C(c1ccccc1)c1ccccc1. The normalized spacial score (nSPS) is 10.5. The molecule has 8 nitrogen and oxygen atoms in total. The maximum absolute atomic E-state index is 12.3. The molecule has 31 heavy (non-hydrogen) atoms. The Bertz CT molecular complexity index is 1210. The van der Waals surface area contributed by atoms with Crippen LogP contribution in [0.2, 0.25) is 0 Å². The van der Waals surface area contributed by atoms with Crippen LogP contribution in [0, 0.1) is 10.1 Å². The highest BCUT2D eigenvalue weighted by atomic mass is 32.1. The van der Waals surface area contributed by atoms with Crippen molar-refractivity contribution in [1.82, 2.24) is 10.4 Å². The summed E-state index contributed by atoms with van der Waals surface area (Å²) < 4.78 is 0.672. The highest BCUT2D eigenvalue weighted by Crippen LogP contribution is 2.28. The van der Waals surface area contributed by atoms with Gasteiger partial charge in [-0.2, -0.15) is 5.10 Å². The van der Waals surface area contributed by atoms with E-state index in [9.17, 15) is 14.9 Å². The molecule has 0 unspecified atom stereocenters. The van der Waals surface area contributed by atoms with Crippen molar-refractivity contribution in [2.45, 2.75) is 0 Å². The third-order valence-corrected chi connectivity index (χ3v) is 5.35. The van der Waals surface area contributed by atoms with E-state index in [1.54, 1.807) is 6.07 Å². The molecule has 0 saturated carbocycles. The van der Waals surface area contributed by atoms with E-state index in [-0.39, 0.29) is 18.1 Å². The van der Waals surface area contributed by atoms with Gasteiger partial charge in [-0.25, -0.2) is 10.4 Å². The molecule has 0 fully saturated rings. The van der Waals surface area contributed by atoms with E-state index in [4.69, 9.17) is 0 Å². The molecule has 1 aromatic heterocycles. The number of nitro groups is 1. The van der Waals surface area contributed by atoms with E-state index in [1.165, 1.54) is 23.5 Å². The standard InChI is InChI=1S/C22H17N5O3S/c28-20(14-23-22-24-18-12-11-17(27(29)30)13-19(18)31-22)25-26-21(15-7-3-1-4-8-15)16-9-5-2-6-10-16/h1-13H,14H2,(H,23,24)(H,25,28). The highest BCUT2D eigenvalue weighted by molar-refractivity contribution is 7.22. The van der Waals surface area contributed by atoms with Crippen molar-refractivity contribution in [2.24, 2.45) is 5.10 Å². The first-order chi connectivity index (χ1) is 15.1. The summed E-state index contributed by atoms with van der Waals surface area (Å²) >= 11 is 1.25. The van der Waals surface area contributed by atoms with E-state index in [1.807, 2.05) is 60.7 Å². The van der Waals surface area contributed by atoms with Gasteiger partial charge >= 0.3 is 0 Å². The van der Waals surface area contributed by atoms with Crippen molar-refractivity contribution >= 4 is 44.0 Å². The van der Waals surface area contributed by atoms with Gasteiger partial charge in [-0.05, 0) is 6.07 Å². The number of nitrogens with one attached hydrogen (secondary N) is 2. The zero-order chi connectivity index (χ0) is 21.6. The minimum absolute atomic E-state index is 0.00383. The fourth-order valence-corrected chi connectivity index (χ4v) is 3.80. The molecule has 0 aliphatic heterocycles. The molecule has 4 aromatic rings. The second-order valence-corrected chi connectivity index (χ2v) is 7.54. The van der Waals surface area contributed by atoms with Gasteiger partial charge in [-0.15, -0.1) is 0 Å². The van der Waals surface area contributed by atoms with E-state index in [2.05, 4.69) is 20.8 Å². The molecule has 3 aromatic carbocycles. The topological polar surface area (TPSA) is 110 Å². The minimum atomic E-state index is -0.450. The van der Waals surface area contributed by atoms with Crippen molar-refractivity contribution in [3.05, 3.63) is 100 Å². The van der Waals surface area contributed by atoms with Crippen molar-refractivity contribution in [2.75, 3.05) is 11.9 Å². The van der Waals surface area contributed by atoms with Crippen LogP contribution in [0.5, 0.6) is 0 Å². The number of carbonyl (C=O) groups is 1. The summed E-state index contributed by atoms with van der Waals surface area (Å²) in [6.45, 7) is -0.0394. The second kappa shape index (κ2) is 9.14. The maximum atomic E-state index is 12.3. The number of thiazole rings is 1. The Morgan fingerprint density at radius 1 is 1.00 bits per heavy atom. The lowest BCUT2D eigenvalue weighted by Crippen LogP contribution is -2.27. The quantitative estimate of drug-likeness (QED) is 0.259. The van der Waals surface area contributed by atoms with Crippen molar-refractivity contribution in [3.63, 3.8) is 0 Å². The molecular formula is C22H17N5O3S.